The summed E-state index contributed by atoms with van der Waals surface area (Å²) in [4.78, 5) is 15.7. The Labute approximate surface area is 108 Å². The van der Waals surface area contributed by atoms with E-state index in [-0.39, 0.29) is 5.91 Å². The molecule has 0 fully saturated rings. The molecule has 1 aromatic heterocycles. The van der Waals surface area contributed by atoms with Crippen LogP contribution in [0.1, 0.15) is 16.1 Å². The highest BCUT2D eigenvalue weighted by atomic mass is 79.9. The van der Waals surface area contributed by atoms with Crippen LogP contribution < -0.4 is 5.32 Å². The summed E-state index contributed by atoms with van der Waals surface area (Å²) in [6.45, 7) is 0.511. The lowest BCUT2D eigenvalue weighted by atomic mass is 10.2. The third-order valence-corrected chi connectivity index (χ3v) is 2.94. The van der Waals surface area contributed by atoms with E-state index in [2.05, 4.69) is 26.2 Å². The van der Waals surface area contributed by atoms with Crippen LogP contribution in [0.4, 0.5) is 0 Å². The number of aryl methyl sites for hydroxylation is 1. The number of carbonyl (C=O) groups is 1. The fourth-order valence-electron chi connectivity index (χ4n) is 1.45. The van der Waals surface area contributed by atoms with Crippen molar-refractivity contribution in [2.24, 2.45) is 7.05 Å². The molecule has 0 saturated heterocycles. The second-order valence-corrected chi connectivity index (χ2v) is 4.61. The highest BCUT2D eigenvalue weighted by Gasteiger charge is 2.08. The molecular weight excluding hydrogens is 282 g/mol. The van der Waals surface area contributed by atoms with E-state index in [4.69, 9.17) is 0 Å². The maximum atomic E-state index is 11.8. The number of carbonyl (C=O) groups excluding carboxylic acids is 1. The van der Waals surface area contributed by atoms with Gasteiger partial charge in [-0.05, 0) is 17.7 Å². The van der Waals surface area contributed by atoms with E-state index >= 15 is 0 Å². The summed E-state index contributed by atoms with van der Waals surface area (Å²) in [6.07, 6.45) is 3.16. The van der Waals surface area contributed by atoms with Gasteiger partial charge in [-0.2, -0.15) is 0 Å². The molecule has 17 heavy (non-hydrogen) atoms. The largest absolute Gasteiger partial charge is 0.347 e. The minimum absolute atomic E-state index is 0.118. The van der Waals surface area contributed by atoms with Gasteiger partial charge in [-0.15, -0.1) is 0 Å². The predicted octanol–water partition coefficient (Wildman–Crippen LogP) is 2.11. The first-order valence-corrected chi connectivity index (χ1v) is 5.95. The number of nitrogens with zero attached hydrogens (tertiary/aromatic N) is 2. The molecule has 0 aliphatic heterocycles. The van der Waals surface area contributed by atoms with Crippen LogP contribution in [0, 0.1) is 0 Å². The fourth-order valence-corrected chi connectivity index (χ4v) is 1.72. The Hall–Kier alpha value is -1.62. The molecule has 0 spiro atoms. The Balaban J connectivity index is 1.97. The summed E-state index contributed by atoms with van der Waals surface area (Å²) < 4.78 is 2.72. The van der Waals surface area contributed by atoms with Gasteiger partial charge in [-0.25, -0.2) is 4.98 Å². The molecular formula is C12H12BrN3O. The van der Waals surface area contributed by atoms with Gasteiger partial charge in [0.25, 0.3) is 5.91 Å². The van der Waals surface area contributed by atoms with Crippen LogP contribution >= 0.6 is 15.9 Å². The average Bonchev–Trinajstić information content (AvgIpc) is 2.74. The van der Waals surface area contributed by atoms with Crippen molar-refractivity contribution in [3.63, 3.8) is 0 Å². The summed E-state index contributed by atoms with van der Waals surface area (Å²) in [5, 5.41) is 2.85. The standard InChI is InChI=1S/C12H12BrN3O/c1-16-8-14-7-11(16)12(17)15-6-9-2-4-10(13)5-3-9/h2-5,7-8H,6H2,1H3,(H,15,17). The smallest absolute Gasteiger partial charge is 0.269 e. The van der Waals surface area contributed by atoms with Gasteiger partial charge in [0.1, 0.15) is 5.69 Å². The second-order valence-electron chi connectivity index (χ2n) is 3.70. The maximum absolute atomic E-state index is 11.8. The van der Waals surface area contributed by atoms with Crippen molar-refractivity contribution in [1.29, 1.82) is 0 Å². The highest BCUT2D eigenvalue weighted by molar-refractivity contribution is 9.10. The van der Waals surface area contributed by atoms with Gasteiger partial charge < -0.3 is 9.88 Å². The normalized spacial score (nSPS) is 10.2. The quantitative estimate of drug-likeness (QED) is 0.942. The van der Waals surface area contributed by atoms with Crippen molar-refractivity contribution in [3.8, 4) is 0 Å². The molecule has 88 valence electrons. The topological polar surface area (TPSA) is 46.9 Å². The monoisotopic (exact) mass is 293 g/mol. The van der Waals surface area contributed by atoms with E-state index in [9.17, 15) is 4.79 Å². The van der Waals surface area contributed by atoms with E-state index in [1.165, 1.54) is 0 Å². The van der Waals surface area contributed by atoms with Crippen molar-refractivity contribution in [2.45, 2.75) is 6.54 Å². The average molecular weight is 294 g/mol. The van der Waals surface area contributed by atoms with Crippen LogP contribution in [0.3, 0.4) is 0 Å². The van der Waals surface area contributed by atoms with Crippen molar-refractivity contribution in [2.75, 3.05) is 0 Å². The molecule has 5 heteroatoms. The van der Waals surface area contributed by atoms with E-state index < -0.39 is 0 Å². The third-order valence-electron chi connectivity index (χ3n) is 2.42. The molecule has 1 N–H and O–H groups in total. The molecule has 0 unspecified atom stereocenters. The van der Waals surface area contributed by atoms with Gasteiger partial charge in [0.05, 0.1) is 12.5 Å². The van der Waals surface area contributed by atoms with E-state index in [1.807, 2.05) is 24.3 Å². The molecule has 1 amide bonds. The molecule has 0 atom stereocenters. The Bertz CT molecular complexity index is 519. The van der Waals surface area contributed by atoms with Crippen molar-refractivity contribution < 1.29 is 4.79 Å². The van der Waals surface area contributed by atoms with Crippen LogP contribution in [-0.2, 0) is 13.6 Å². The Morgan fingerprint density at radius 1 is 1.41 bits per heavy atom. The number of rotatable bonds is 3. The molecule has 1 aromatic carbocycles. The van der Waals surface area contributed by atoms with Gasteiger partial charge in [-0.1, -0.05) is 28.1 Å². The Kier molecular flexibility index (Phi) is 3.58. The molecule has 0 aliphatic carbocycles. The SMILES string of the molecule is Cn1cncc1C(=O)NCc1ccc(Br)cc1. The predicted molar refractivity (Wildman–Crippen MR) is 68.5 cm³/mol. The Morgan fingerprint density at radius 2 is 2.12 bits per heavy atom. The number of hydrogen-bond donors (Lipinski definition) is 1. The van der Waals surface area contributed by atoms with E-state index in [1.54, 1.807) is 24.1 Å². The number of nitrogens with one attached hydrogen (secondary N) is 1. The Morgan fingerprint density at radius 3 is 2.71 bits per heavy atom. The molecule has 2 aromatic rings. The number of aromatic nitrogens is 2. The molecule has 0 saturated carbocycles. The lowest BCUT2D eigenvalue weighted by Gasteiger charge is -2.05. The fraction of sp³-hybridized carbons (Fsp3) is 0.167. The van der Waals surface area contributed by atoms with Gasteiger partial charge in [0, 0.05) is 18.1 Å². The van der Waals surface area contributed by atoms with Gasteiger partial charge >= 0.3 is 0 Å². The van der Waals surface area contributed by atoms with Crippen LogP contribution in [0.5, 0.6) is 0 Å². The van der Waals surface area contributed by atoms with Crippen LogP contribution in [0.25, 0.3) is 0 Å². The van der Waals surface area contributed by atoms with Gasteiger partial charge in [-0.3, -0.25) is 4.79 Å². The summed E-state index contributed by atoms with van der Waals surface area (Å²) in [5.41, 5.74) is 1.62. The first-order valence-electron chi connectivity index (χ1n) is 5.16. The van der Waals surface area contributed by atoms with Crippen LogP contribution in [0.15, 0.2) is 41.3 Å². The summed E-state index contributed by atoms with van der Waals surface area (Å²) in [7, 11) is 1.79. The minimum atomic E-state index is -0.118. The number of halogens is 1. The number of benzene rings is 1. The van der Waals surface area contributed by atoms with Gasteiger partial charge in [0.2, 0.25) is 0 Å². The molecule has 1 heterocycles. The van der Waals surface area contributed by atoms with Crippen molar-refractivity contribution >= 4 is 21.8 Å². The van der Waals surface area contributed by atoms with Crippen molar-refractivity contribution in [3.05, 3.63) is 52.5 Å². The second kappa shape index (κ2) is 5.14. The minimum Gasteiger partial charge on any atom is -0.347 e. The highest BCUT2D eigenvalue weighted by Crippen LogP contribution is 2.10. The molecule has 2 rings (SSSR count). The van der Waals surface area contributed by atoms with E-state index in [0.29, 0.717) is 12.2 Å². The van der Waals surface area contributed by atoms with Gasteiger partial charge in [0.15, 0.2) is 0 Å². The van der Waals surface area contributed by atoms with Crippen molar-refractivity contribution in [1.82, 2.24) is 14.9 Å². The lowest BCUT2D eigenvalue weighted by molar-refractivity contribution is 0.0942. The first-order chi connectivity index (χ1) is 8.16. The third kappa shape index (κ3) is 2.94. The molecule has 0 bridgehead atoms. The molecule has 0 radical (unpaired) electrons. The lowest BCUT2D eigenvalue weighted by Crippen LogP contribution is -2.24. The maximum Gasteiger partial charge on any atom is 0.269 e. The van der Waals surface area contributed by atoms with Crippen LogP contribution in [-0.4, -0.2) is 15.5 Å². The van der Waals surface area contributed by atoms with E-state index in [0.717, 1.165) is 10.0 Å². The molecule has 4 nitrogen and oxygen atoms in total. The van der Waals surface area contributed by atoms with Crippen LogP contribution in [0.2, 0.25) is 0 Å². The molecule has 0 aliphatic rings. The zero-order chi connectivity index (χ0) is 12.3. The summed E-state index contributed by atoms with van der Waals surface area (Å²) in [5.74, 6) is -0.118. The zero-order valence-electron chi connectivity index (χ0n) is 9.35. The number of amides is 1. The first kappa shape index (κ1) is 11.9. The zero-order valence-corrected chi connectivity index (χ0v) is 10.9. The summed E-state index contributed by atoms with van der Waals surface area (Å²) in [6, 6.07) is 7.83. The number of hydrogen-bond acceptors (Lipinski definition) is 2. The number of imidazole rings is 1. The summed E-state index contributed by atoms with van der Waals surface area (Å²) >= 11 is 3.37.